The number of anilines is 2. The Kier molecular flexibility index (Phi) is 7.50. The number of nitrogens with zero attached hydrogens (tertiary/aromatic N) is 2. The first-order chi connectivity index (χ1) is 12.6. The maximum atomic E-state index is 12.3. The number of carbonyl (C=O) groups is 2. The zero-order valence-electron chi connectivity index (χ0n) is 14.8. The number of hydrogen-bond acceptors (Lipinski definition) is 7. The van der Waals surface area contributed by atoms with Gasteiger partial charge in [0.25, 0.3) is 5.91 Å². The molecule has 8 nitrogen and oxygen atoms in total. The molecule has 0 atom stereocenters. The number of aromatic nitrogens is 2. The van der Waals surface area contributed by atoms with E-state index in [9.17, 15) is 9.59 Å². The molecular weight excluding hydrogens is 336 g/mol. The highest BCUT2D eigenvalue weighted by Crippen LogP contribution is 2.12. The van der Waals surface area contributed by atoms with Gasteiger partial charge in [0.1, 0.15) is 5.69 Å². The molecule has 0 saturated heterocycles. The summed E-state index contributed by atoms with van der Waals surface area (Å²) in [5.41, 5.74) is 1.22. The number of nitrogens with one attached hydrogen (secondary N) is 2. The van der Waals surface area contributed by atoms with Crippen molar-refractivity contribution in [2.24, 2.45) is 0 Å². The van der Waals surface area contributed by atoms with Crippen LogP contribution in [0.15, 0.2) is 36.5 Å². The van der Waals surface area contributed by atoms with Crippen LogP contribution < -0.4 is 10.6 Å². The van der Waals surface area contributed by atoms with Crippen LogP contribution >= 0.6 is 0 Å². The maximum absolute atomic E-state index is 12.3. The molecule has 138 valence electrons. The van der Waals surface area contributed by atoms with E-state index in [4.69, 9.17) is 9.47 Å². The number of methoxy groups -OCH3 is 1. The first-order valence-electron chi connectivity index (χ1n) is 8.28. The second-order valence-electron chi connectivity index (χ2n) is 5.29. The van der Waals surface area contributed by atoms with Crippen LogP contribution in [0.3, 0.4) is 0 Å². The molecule has 2 aromatic rings. The normalized spacial score (nSPS) is 10.2. The summed E-state index contributed by atoms with van der Waals surface area (Å²) in [5, 5.41) is 5.77. The highest BCUT2D eigenvalue weighted by molar-refractivity contribution is 6.03. The van der Waals surface area contributed by atoms with E-state index in [1.165, 1.54) is 12.3 Å². The standard InChI is InChI=1S/C18H22N4O4/c1-3-26-17(24)13-5-7-14(8-6-13)21-16(23)15-9-11-20-18(22-15)19-10-4-12-25-2/h5-9,11H,3-4,10,12H2,1-2H3,(H,21,23)(H,19,20,22). The molecule has 0 spiro atoms. The van der Waals surface area contributed by atoms with Crippen molar-refractivity contribution in [2.45, 2.75) is 13.3 Å². The van der Waals surface area contributed by atoms with E-state index >= 15 is 0 Å². The van der Waals surface area contributed by atoms with Crippen molar-refractivity contribution in [3.05, 3.63) is 47.8 Å². The zero-order valence-corrected chi connectivity index (χ0v) is 14.8. The molecule has 0 aliphatic rings. The van der Waals surface area contributed by atoms with E-state index in [0.717, 1.165) is 6.42 Å². The fraction of sp³-hybridized carbons (Fsp3) is 0.333. The Morgan fingerprint density at radius 2 is 1.92 bits per heavy atom. The van der Waals surface area contributed by atoms with Gasteiger partial charge in [-0.2, -0.15) is 0 Å². The first kappa shape index (κ1) is 19.3. The fourth-order valence-corrected chi connectivity index (χ4v) is 2.09. The maximum Gasteiger partial charge on any atom is 0.338 e. The minimum absolute atomic E-state index is 0.240. The summed E-state index contributed by atoms with van der Waals surface area (Å²) < 4.78 is 9.89. The van der Waals surface area contributed by atoms with Gasteiger partial charge in [-0.1, -0.05) is 0 Å². The van der Waals surface area contributed by atoms with Crippen LogP contribution in [-0.2, 0) is 9.47 Å². The highest BCUT2D eigenvalue weighted by Gasteiger charge is 2.10. The third kappa shape index (κ3) is 5.82. The largest absolute Gasteiger partial charge is 0.462 e. The summed E-state index contributed by atoms with van der Waals surface area (Å²) in [5.74, 6) is -0.381. The molecule has 2 N–H and O–H groups in total. The SMILES string of the molecule is CCOC(=O)c1ccc(NC(=O)c2ccnc(NCCCOC)n2)cc1. The van der Waals surface area contributed by atoms with Gasteiger partial charge < -0.3 is 20.1 Å². The molecule has 1 amide bonds. The third-order valence-corrected chi connectivity index (χ3v) is 3.35. The average molecular weight is 358 g/mol. The smallest absolute Gasteiger partial charge is 0.338 e. The van der Waals surface area contributed by atoms with Gasteiger partial charge in [0, 0.05) is 32.1 Å². The van der Waals surface area contributed by atoms with Crippen LogP contribution in [0.2, 0.25) is 0 Å². The van der Waals surface area contributed by atoms with E-state index in [-0.39, 0.29) is 11.6 Å². The summed E-state index contributed by atoms with van der Waals surface area (Å²) >= 11 is 0. The Morgan fingerprint density at radius 3 is 2.62 bits per heavy atom. The second kappa shape index (κ2) is 10.1. The molecule has 26 heavy (non-hydrogen) atoms. The highest BCUT2D eigenvalue weighted by atomic mass is 16.5. The van der Waals surface area contributed by atoms with Crippen LogP contribution in [0.1, 0.15) is 34.2 Å². The summed E-state index contributed by atoms with van der Waals surface area (Å²) in [7, 11) is 1.64. The van der Waals surface area contributed by atoms with Gasteiger partial charge in [0.05, 0.1) is 12.2 Å². The van der Waals surface area contributed by atoms with Gasteiger partial charge in [-0.3, -0.25) is 4.79 Å². The molecule has 1 aromatic heterocycles. The number of ether oxygens (including phenoxy) is 2. The molecule has 2 rings (SSSR count). The van der Waals surface area contributed by atoms with Gasteiger partial charge in [0.15, 0.2) is 0 Å². The molecule has 0 unspecified atom stereocenters. The molecule has 0 bridgehead atoms. The molecule has 8 heteroatoms. The van der Waals surface area contributed by atoms with Crippen LogP contribution in [-0.4, -0.2) is 48.7 Å². The monoisotopic (exact) mass is 358 g/mol. The van der Waals surface area contributed by atoms with Gasteiger partial charge in [-0.25, -0.2) is 14.8 Å². The summed E-state index contributed by atoms with van der Waals surface area (Å²) in [6.07, 6.45) is 2.33. The van der Waals surface area contributed by atoms with Gasteiger partial charge in [-0.15, -0.1) is 0 Å². The van der Waals surface area contributed by atoms with Gasteiger partial charge >= 0.3 is 5.97 Å². The quantitative estimate of drug-likeness (QED) is 0.524. The number of hydrogen-bond donors (Lipinski definition) is 2. The van der Waals surface area contributed by atoms with Crippen molar-refractivity contribution >= 4 is 23.5 Å². The Balaban J connectivity index is 1.95. The van der Waals surface area contributed by atoms with Crippen LogP contribution in [0, 0.1) is 0 Å². The van der Waals surface area contributed by atoms with Crippen molar-refractivity contribution in [2.75, 3.05) is 37.5 Å². The van der Waals surface area contributed by atoms with E-state index in [1.54, 1.807) is 38.3 Å². The van der Waals surface area contributed by atoms with E-state index in [2.05, 4.69) is 20.6 Å². The molecule has 0 saturated carbocycles. The number of rotatable bonds is 9. The zero-order chi connectivity index (χ0) is 18.8. The number of amides is 1. The third-order valence-electron chi connectivity index (χ3n) is 3.35. The topological polar surface area (TPSA) is 102 Å². The number of esters is 1. The summed E-state index contributed by atoms with van der Waals surface area (Å²) in [6, 6.07) is 7.99. The molecule has 0 fully saturated rings. The molecular formula is C18H22N4O4. The fourth-order valence-electron chi connectivity index (χ4n) is 2.09. The Bertz CT molecular complexity index is 734. The van der Waals surface area contributed by atoms with Crippen molar-refractivity contribution in [3.63, 3.8) is 0 Å². The van der Waals surface area contributed by atoms with Crippen LogP contribution in [0.4, 0.5) is 11.6 Å². The van der Waals surface area contributed by atoms with Crippen molar-refractivity contribution in [1.82, 2.24) is 9.97 Å². The predicted octanol–water partition coefficient (Wildman–Crippen LogP) is 2.35. The summed E-state index contributed by atoms with van der Waals surface area (Å²) in [6.45, 7) is 3.34. The predicted molar refractivity (Wildman–Crippen MR) is 97.4 cm³/mol. The van der Waals surface area contributed by atoms with Crippen molar-refractivity contribution in [3.8, 4) is 0 Å². The van der Waals surface area contributed by atoms with Crippen LogP contribution in [0.25, 0.3) is 0 Å². The molecule has 0 radical (unpaired) electrons. The lowest BCUT2D eigenvalue weighted by molar-refractivity contribution is 0.0526. The Morgan fingerprint density at radius 1 is 1.15 bits per heavy atom. The molecule has 1 heterocycles. The van der Waals surface area contributed by atoms with E-state index in [0.29, 0.717) is 37.0 Å². The Labute approximate surface area is 151 Å². The lowest BCUT2D eigenvalue weighted by Crippen LogP contribution is -2.16. The molecule has 0 aliphatic heterocycles. The lowest BCUT2D eigenvalue weighted by atomic mass is 10.2. The second-order valence-corrected chi connectivity index (χ2v) is 5.29. The number of benzene rings is 1. The van der Waals surface area contributed by atoms with Crippen LogP contribution in [0.5, 0.6) is 0 Å². The minimum Gasteiger partial charge on any atom is -0.462 e. The number of carbonyl (C=O) groups excluding carboxylic acids is 2. The van der Waals surface area contributed by atoms with Crippen molar-refractivity contribution in [1.29, 1.82) is 0 Å². The lowest BCUT2D eigenvalue weighted by Gasteiger charge is -2.08. The van der Waals surface area contributed by atoms with E-state index in [1.807, 2.05) is 0 Å². The average Bonchev–Trinajstić information content (AvgIpc) is 2.66. The first-order valence-corrected chi connectivity index (χ1v) is 8.28. The molecule has 1 aromatic carbocycles. The minimum atomic E-state index is -0.398. The van der Waals surface area contributed by atoms with Gasteiger partial charge in [0.2, 0.25) is 5.95 Å². The van der Waals surface area contributed by atoms with Gasteiger partial charge in [-0.05, 0) is 43.7 Å². The summed E-state index contributed by atoms with van der Waals surface area (Å²) in [4.78, 5) is 32.2. The molecule has 0 aliphatic carbocycles. The van der Waals surface area contributed by atoms with Crippen molar-refractivity contribution < 1.29 is 19.1 Å². The Hall–Kier alpha value is -3.00. The van der Waals surface area contributed by atoms with E-state index < -0.39 is 5.97 Å².